The number of nitrogens with two attached hydrogens (primary N) is 2. The third-order valence-corrected chi connectivity index (χ3v) is 10.5. The fourth-order valence-corrected chi connectivity index (χ4v) is 7.43. The van der Waals surface area contributed by atoms with Crippen molar-refractivity contribution in [2.24, 2.45) is 0 Å². The van der Waals surface area contributed by atoms with Crippen molar-refractivity contribution < 1.29 is 13.5 Å². The van der Waals surface area contributed by atoms with E-state index >= 15 is 0 Å². The third kappa shape index (κ3) is 9.34. The Morgan fingerprint density at radius 2 is 1.11 bits per heavy atom. The van der Waals surface area contributed by atoms with Crippen molar-refractivity contribution in [3.63, 3.8) is 0 Å². The molecule has 6 heterocycles. The van der Waals surface area contributed by atoms with E-state index in [4.69, 9.17) is 16.2 Å². The summed E-state index contributed by atoms with van der Waals surface area (Å²) in [7, 11) is 6.02. The zero-order chi connectivity index (χ0) is 38.5. The van der Waals surface area contributed by atoms with Crippen LogP contribution in [0.3, 0.4) is 0 Å². The maximum Gasteiger partial charge on any atom is 0.153 e. The monoisotopic (exact) mass is 747 g/mol. The van der Waals surface area contributed by atoms with Gasteiger partial charge in [-0.15, -0.1) is 0 Å². The number of fused-ring (bicyclic) bond motifs is 2. The fraction of sp³-hybridized carbons (Fsp3) is 0.366. The van der Waals surface area contributed by atoms with Gasteiger partial charge in [-0.3, -0.25) is 9.80 Å². The Morgan fingerprint density at radius 1 is 0.655 bits per heavy atom. The number of benzene rings is 2. The molecule has 55 heavy (non-hydrogen) atoms. The van der Waals surface area contributed by atoms with Gasteiger partial charge in [0.1, 0.15) is 35.3 Å². The number of rotatable bonds is 8. The highest BCUT2D eigenvalue weighted by Gasteiger charge is 2.22. The second-order valence-corrected chi connectivity index (χ2v) is 14.5. The number of hydrogen-bond acceptors (Lipinski definition) is 12. The van der Waals surface area contributed by atoms with E-state index in [1.54, 1.807) is 19.2 Å². The quantitative estimate of drug-likeness (QED) is 0.189. The molecule has 0 radical (unpaired) electrons. The molecule has 2 fully saturated rings. The van der Waals surface area contributed by atoms with Crippen molar-refractivity contribution in [1.82, 2.24) is 44.6 Å². The molecular formula is C41H47F2N11O. The van der Waals surface area contributed by atoms with Crippen molar-refractivity contribution in [2.75, 3.05) is 58.9 Å². The van der Waals surface area contributed by atoms with Crippen LogP contribution in [0.15, 0.2) is 73.3 Å². The van der Waals surface area contributed by atoms with Gasteiger partial charge < -0.3 is 21.1 Å². The summed E-state index contributed by atoms with van der Waals surface area (Å²) >= 11 is 0. The van der Waals surface area contributed by atoms with Gasteiger partial charge in [0.25, 0.3) is 0 Å². The third-order valence-electron chi connectivity index (χ3n) is 10.5. The number of piperidine rings is 2. The highest BCUT2D eigenvalue weighted by molar-refractivity contribution is 5.86. The van der Waals surface area contributed by atoms with Crippen LogP contribution in [-0.4, -0.2) is 104 Å². The van der Waals surface area contributed by atoms with Crippen LogP contribution in [0, 0.1) is 11.6 Å². The summed E-state index contributed by atoms with van der Waals surface area (Å²) in [5, 5.41) is 0. The Kier molecular flexibility index (Phi) is 11.8. The Hall–Kier alpha value is -5.28. The van der Waals surface area contributed by atoms with E-state index in [2.05, 4.69) is 58.7 Å². The van der Waals surface area contributed by atoms with Crippen LogP contribution in [-0.2, 0) is 17.8 Å². The molecule has 0 atom stereocenters. The van der Waals surface area contributed by atoms with Crippen molar-refractivity contribution in [3.8, 4) is 22.5 Å². The smallest absolute Gasteiger partial charge is 0.153 e. The van der Waals surface area contributed by atoms with Crippen molar-refractivity contribution in [3.05, 3.63) is 96.1 Å². The van der Waals surface area contributed by atoms with Gasteiger partial charge in [0, 0.05) is 50.5 Å². The predicted octanol–water partition coefficient (Wildman–Crippen LogP) is 5.96. The Morgan fingerprint density at radius 3 is 1.55 bits per heavy atom. The molecule has 12 nitrogen and oxygen atoms in total. The summed E-state index contributed by atoms with van der Waals surface area (Å²) in [5.41, 5.74) is 18.9. The molecule has 14 heteroatoms. The number of anilines is 2. The summed E-state index contributed by atoms with van der Waals surface area (Å²) < 4.78 is 34.0. The summed E-state index contributed by atoms with van der Waals surface area (Å²) in [4.78, 5) is 32.4. The SMILES string of the molecule is CN(C)C1CCN(Cc2cc(F)cc(-c3ccc4ncnc(N)c4n3)c2)CC1.COC1CCN(Cc2cc(F)cc(-c3ccc4ncnc(N)c4n3)c2)CC1. The number of likely N-dealkylation sites (tertiary alicyclic amines) is 2. The molecule has 2 aromatic carbocycles. The predicted molar refractivity (Wildman–Crippen MR) is 212 cm³/mol. The van der Waals surface area contributed by atoms with Crippen molar-refractivity contribution in [2.45, 2.75) is 50.9 Å². The van der Waals surface area contributed by atoms with E-state index in [0.29, 0.717) is 63.8 Å². The Bertz CT molecular complexity index is 2260. The standard InChI is InChI=1S/C21H25FN6.C20H22FN5O/c1-27(2)17-5-7-28(8-6-17)12-14-9-15(11-16(22)10-14)18-3-4-19-20(26-18)21(23)25-13-24-19;1-27-16-4-6-26(7-5-16)11-13-8-14(10-15(21)9-13)17-2-3-18-19(25-17)20(22)24-12-23-18/h3-4,9-11,13,17H,5-8,12H2,1-2H3,(H2,23,24,25);2-3,8-10,12,16H,4-7,11H2,1H3,(H2,22,23,24). The molecule has 8 rings (SSSR count). The minimum Gasteiger partial charge on any atom is -0.382 e. The molecule has 286 valence electrons. The summed E-state index contributed by atoms with van der Waals surface area (Å²) in [6, 6.07) is 18.2. The zero-order valence-corrected chi connectivity index (χ0v) is 31.5. The molecule has 4 N–H and O–H groups in total. The average Bonchev–Trinajstić information content (AvgIpc) is 3.18. The van der Waals surface area contributed by atoms with Crippen LogP contribution in [0.1, 0.15) is 36.8 Å². The minimum atomic E-state index is -0.270. The van der Waals surface area contributed by atoms with E-state index in [-0.39, 0.29) is 11.6 Å². The van der Waals surface area contributed by atoms with Gasteiger partial charge >= 0.3 is 0 Å². The number of hydrogen-bond donors (Lipinski definition) is 2. The Labute approximate surface area is 319 Å². The molecule has 2 saturated heterocycles. The van der Waals surface area contributed by atoms with Gasteiger partial charge in [0.15, 0.2) is 11.6 Å². The van der Waals surface area contributed by atoms with Crippen LogP contribution in [0.25, 0.3) is 44.6 Å². The number of nitrogen functional groups attached to an aromatic ring is 2. The molecular weight excluding hydrogens is 701 g/mol. The lowest BCUT2D eigenvalue weighted by molar-refractivity contribution is 0.0388. The summed E-state index contributed by atoms with van der Waals surface area (Å²) in [6.07, 6.45) is 7.44. The van der Waals surface area contributed by atoms with Crippen LogP contribution < -0.4 is 11.5 Å². The first-order chi connectivity index (χ1) is 26.6. The topological polar surface area (TPSA) is 148 Å². The number of methoxy groups -OCH3 is 1. The van der Waals surface area contributed by atoms with E-state index in [1.807, 2.05) is 36.4 Å². The first-order valence-corrected chi connectivity index (χ1v) is 18.6. The molecule has 0 amide bonds. The Balaban J connectivity index is 0.000000169. The van der Waals surface area contributed by atoms with E-state index in [9.17, 15) is 8.78 Å². The van der Waals surface area contributed by atoms with Crippen LogP contribution in [0.4, 0.5) is 20.4 Å². The maximum atomic E-state index is 14.3. The minimum absolute atomic E-state index is 0.255. The van der Waals surface area contributed by atoms with Gasteiger partial charge in [-0.2, -0.15) is 0 Å². The largest absolute Gasteiger partial charge is 0.382 e. The second-order valence-electron chi connectivity index (χ2n) is 14.5. The van der Waals surface area contributed by atoms with Gasteiger partial charge in [0.05, 0.1) is 28.5 Å². The highest BCUT2D eigenvalue weighted by Crippen LogP contribution is 2.27. The number of aromatic nitrogens is 6. The van der Waals surface area contributed by atoms with Crippen molar-refractivity contribution >= 4 is 33.7 Å². The molecule has 2 aliphatic rings. The summed E-state index contributed by atoms with van der Waals surface area (Å²) in [6.45, 7) is 5.40. The fourth-order valence-electron chi connectivity index (χ4n) is 7.43. The molecule has 0 saturated carbocycles. The van der Waals surface area contributed by atoms with E-state index in [0.717, 1.165) is 80.7 Å². The zero-order valence-electron chi connectivity index (χ0n) is 31.5. The van der Waals surface area contributed by atoms with Crippen molar-refractivity contribution in [1.29, 1.82) is 0 Å². The molecule has 0 bridgehead atoms. The summed E-state index contributed by atoms with van der Waals surface area (Å²) in [5.74, 6) is 0.120. The number of nitrogens with zero attached hydrogens (tertiary/aromatic N) is 9. The normalized spacial score (nSPS) is 16.1. The number of halogens is 2. The first-order valence-electron chi connectivity index (χ1n) is 18.6. The van der Waals surface area contributed by atoms with Gasteiger partial charge in [-0.1, -0.05) is 0 Å². The van der Waals surface area contributed by atoms with Gasteiger partial charge in [-0.25, -0.2) is 38.7 Å². The molecule has 6 aromatic rings. The lowest BCUT2D eigenvalue weighted by Crippen LogP contribution is -2.41. The molecule has 2 aliphatic heterocycles. The van der Waals surface area contributed by atoms with E-state index in [1.165, 1.54) is 24.8 Å². The van der Waals surface area contributed by atoms with Gasteiger partial charge in [-0.05, 0) is 125 Å². The van der Waals surface area contributed by atoms with Gasteiger partial charge in [0.2, 0.25) is 0 Å². The average molecular weight is 748 g/mol. The molecule has 0 aliphatic carbocycles. The molecule has 4 aromatic heterocycles. The van der Waals surface area contributed by atoms with Crippen LogP contribution in [0.2, 0.25) is 0 Å². The highest BCUT2D eigenvalue weighted by atomic mass is 19.1. The lowest BCUT2D eigenvalue weighted by Gasteiger charge is -2.35. The van der Waals surface area contributed by atoms with E-state index < -0.39 is 0 Å². The second kappa shape index (κ2) is 17.0. The van der Waals surface area contributed by atoms with Crippen LogP contribution in [0.5, 0.6) is 0 Å². The number of ether oxygens (including phenoxy) is 1. The molecule has 0 unspecified atom stereocenters. The number of pyridine rings is 2. The lowest BCUT2D eigenvalue weighted by atomic mass is 10.0. The maximum absolute atomic E-state index is 14.3. The van der Waals surface area contributed by atoms with Crippen LogP contribution >= 0.6 is 0 Å². The molecule has 0 spiro atoms. The first kappa shape index (κ1) is 38.0.